The predicted molar refractivity (Wildman–Crippen MR) is 65.0 cm³/mol. The lowest BCUT2D eigenvalue weighted by molar-refractivity contribution is 0.190. The van der Waals surface area contributed by atoms with Crippen LogP contribution in [0.3, 0.4) is 0 Å². The molecular weight excluding hydrogens is 204 g/mol. The van der Waals surface area contributed by atoms with Crippen LogP contribution in [0.25, 0.3) is 0 Å². The van der Waals surface area contributed by atoms with Crippen molar-refractivity contribution in [3.8, 4) is 11.5 Å². The maximum atomic E-state index is 5.66. The lowest BCUT2D eigenvalue weighted by Gasteiger charge is -2.22. The van der Waals surface area contributed by atoms with Gasteiger partial charge in [0.2, 0.25) is 0 Å². The van der Waals surface area contributed by atoms with Crippen LogP contribution in [0.4, 0.5) is 0 Å². The Labute approximate surface area is 96.9 Å². The van der Waals surface area contributed by atoms with Gasteiger partial charge in [-0.3, -0.25) is 0 Å². The van der Waals surface area contributed by atoms with Gasteiger partial charge in [-0.1, -0.05) is 6.07 Å². The third-order valence-corrected chi connectivity index (χ3v) is 2.49. The topological polar surface area (TPSA) is 47.7 Å². The average Bonchev–Trinajstić information content (AvgIpc) is 2.29. The van der Waals surface area contributed by atoms with Crippen molar-refractivity contribution >= 4 is 0 Å². The summed E-state index contributed by atoms with van der Waals surface area (Å²) in [5.74, 6) is 1.60. The molecule has 1 aromatic carbocycles. The van der Waals surface area contributed by atoms with Crippen LogP contribution in [0, 0.1) is 0 Å². The van der Waals surface area contributed by atoms with Crippen LogP contribution >= 0.6 is 0 Å². The maximum Gasteiger partial charge on any atom is 0.123 e. The normalized spacial score (nSPS) is 12.6. The van der Waals surface area contributed by atoms with Gasteiger partial charge in [-0.15, -0.1) is 0 Å². The third-order valence-electron chi connectivity index (χ3n) is 2.49. The number of nitrogens with zero attached hydrogens (tertiary/aromatic N) is 1. The van der Waals surface area contributed by atoms with Crippen molar-refractivity contribution < 1.29 is 9.47 Å². The molecule has 0 aromatic heterocycles. The first-order valence-electron chi connectivity index (χ1n) is 5.30. The van der Waals surface area contributed by atoms with Crippen molar-refractivity contribution in [1.82, 2.24) is 4.90 Å². The van der Waals surface area contributed by atoms with Crippen molar-refractivity contribution in [1.29, 1.82) is 0 Å². The van der Waals surface area contributed by atoms with Crippen molar-refractivity contribution in [3.63, 3.8) is 0 Å². The number of methoxy groups -OCH3 is 1. The molecule has 0 amide bonds. The fourth-order valence-electron chi connectivity index (χ4n) is 1.31. The summed E-state index contributed by atoms with van der Waals surface area (Å²) in [6.07, 6.45) is 0. The third kappa shape index (κ3) is 3.72. The lowest BCUT2D eigenvalue weighted by Crippen LogP contribution is -2.39. The SMILES string of the molecule is COc1cccc(OCC(CN)N(C)C)c1. The zero-order valence-corrected chi connectivity index (χ0v) is 10.1. The molecule has 1 atom stereocenters. The van der Waals surface area contributed by atoms with E-state index in [0.29, 0.717) is 13.2 Å². The van der Waals surface area contributed by atoms with E-state index in [2.05, 4.69) is 4.90 Å². The van der Waals surface area contributed by atoms with Gasteiger partial charge < -0.3 is 20.1 Å². The molecule has 4 nitrogen and oxygen atoms in total. The summed E-state index contributed by atoms with van der Waals surface area (Å²) in [6, 6.07) is 7.79. The highest BCUT2D eigenvalue weighted by atomic mass is 16.5. The van der Waals surface area contributed by atoms with Crippen LogP contribution in [0.15, 0.2) is 24.3 Å². The molecule has 0 heterocycles. The number of hydrogen-bond acceptors (Lipinski definition) is 4. The fourth-order valence-corrected chi connectivity index (χ4v) is 1.31. The van der Waals surface area contributed by atoms with Crippen LogP contribution in [0.2, 0.25) is 0 Å². The van der Waals surface area contributed by atoms with Gasteiger partial charge in [0.25, 0.3) is 0 Å². The molecule has 1 unspecified atom stereocenters. The van der Waals surface area contributed by atoms with E-state index in [4.69, 9.17) is 15.2 Å². The number of benzene rings is 1. The van der Waals surface area contributed by atoms with E-state index in [9.17, 15) is 0 Å². The quantitative estimate of drug-likeness (QED) is 0.782. The first-order chi connectivity index (χ1) is 7.67. The Hall–Kier alpha value is -1.26. The Morgan fingerprint density at radius 2 is 2.00 bits per heavy atom. The zero-order valence-electron chi connectivity index (χ0n) is 10.1. The van der Waals surface area contributed by atoms with Crippen LogP contribution in [0.5, 0.6) is 11.5 Å². The van der Waals surface area contributed by atoms with Crippen molar-refractivity contribution in [3.05, 3.63) is 24.3 Å². The molecule has 0 fully saturated rings. The van der Waals surface area contributed by atoms with Crippen LogP contribution < -0.4 is 15.2 Å². The van der Waals surface area contributed by atoms with E-state index in [1.54, 1.807) is 7.11 Å². The first-order valence-corrected chi connectivity index (χ1v) is 5.30. The highest BCUT2D eigenvalue weighted by Crippen LogP contribution is 2.18. The van der Waals surface area contributed by atoms with Crippen molar-refractivity contribution in [2.24, 2.45) is 5.73 Å². The molecule has 0 radical (unpaired) electrons. The Balaban J connectivity index is 2.53. The van der Waals surface area contributed by atoms with Crippen LogP contribution in [-0.4, -0.2) is 45.3 Å². The monoisotopic (exact) mass is 224 g/mol. The summed E-state index contributed by atoms with van der Waals surface area (Å²) in [7, 11) is 5.63. The minimum atomic E-state index is 0.228. The number of likely N-dealkylation sites (N-methyl/N-ethyl adjacent to an activating group) is 1. The highest BCUT2D eigenvalue weighted by Gasteiger charge is 2.09. The van der Waals surface area contributed by atoms with E-state index in [1.807, 2.05) is 38.4 Å². The Morgan fingerprint density at radius 1 is 1.31 bits per heavy atom. The molecule has 4 heteroatoms. The van der Waals surface area contributed by atoms with Gasteiger partial charge in [0, 0.05) is 12.6 Å². The Bertz CT molecular complexity index is 316. The molecule has 0 saturated heterocycles. The summed E-state index contributed by atoms with van der Waals surface area (Å²) in [6.45, 7) is 1.16. The molecule has 0 aliphatic heterocycles. The summed E-state index contributed by atoms with van der Waals surface area (Å²) in [4.78, 5) is 2.06. The van der Waals surface area contributed by atoms with Crippen LogP contribution in [0.1, 0.15) is 0 Å². The van der Waals surface area contributed by atoms with Gasteiger partial charge in [-0.25, -0.2) is 0 Å². The smallest absolute Gasteiger partial charge is 0.123 e. The molecule has 0 aliphatic rings. The Morgan fingerprint density at radius 3 is 2.56 bits per heavy atom. The zero-order chi connectivity index (χ0) is 12.0. The number of rotatable bonds is 6. The predicted octanol–water partition coefficient (Wildman–Crippen LogP) is 0.963. The molecule has 1 aromatic rings. The summed E-state index contributed by atoms with van der Waals surface area (Å²) < 4.78 is 10.8. The highest BCUT2D eigenvalue weighted by molar-refractivity contribution is 5.32. The molecule has 0 bridgehead atoms. The average molecular weight is 224 g/mol. The minimum Gasteiger partial charge on any atom is -0.497 e. The number of hydrogen-bond donors (Lipinski definition) is 1. The van der Waals surface area contributed by atoms with Gasteiger partial charge in [-0.2, -0.15) is 0 Å². The van der Waals surface area contributed by atoms with Gasteiger partial charge in [0.1, 0.15) is 18.1 Å². The lowest BCUT2D eigenvalue weighted by atomic mass is 10.3. The standard InChI is InChI=1S/C12H20N2O2/c1-14(2)10(8-13)9-16-12-6-4-5-11(7-12)15-3/h4-7,10H,8-9,13H2,1-3H3. The van der Waals surface area contributed by atoms with Gasteiger partial charge in [0.05, 0.1) is 13.2 Å². The molecule has 0 saturated carbocycles. The van der Waals surface area contributed by atoms with E-state index in [-0.39, 0.29) is 6.04 Å². The number of ether oxygens (including phenoxy) is 2. The Kier molecular flexibility index (Phi) is 5.08. The van der Waals surface area contributed by atoms with Gasteiger partial charge >= 0.3 is 0 Å². The second kappa shape index (κ2) is 6.35. The van der Waals surface area contributed by atoms with E-state index in [1.165, 1.54) is 0 Å². The van der Waals surface area contributed by atoms with Crippen LogP contribution in [-0.2, 0) is 0 Å². The molecule has 2 N–H and O–H groups in total. The van der Waals surface area contributed by atoms with E-state index >= 15 is 0 Å². The first kappa shape index (κ1) is 12.8. The second-order valence-corrected chi connectivity index (χ2v) is 3.84. The second-order valence-electron chi connectivity index (χ2n) is 3.84. The van der Waals surface area contributed by atoms with Gasteiger partial charge in [-0.05, 0) is 26.2 Å². The minimum absolute atomic E-state index is 0.228. The molecule has 0 aliphatic carbocycles. The maximum absolute atomic E-state index is 5.66. The van der Waals surface area contributed by atoms with E-state index in [0.717, 1.165) is 11.5 Å². The fraction of sp³-hybridized carbons (Fsp3) is 0.500. The largest absolute Gasteiger partial charge is 0.497 e. The molecule has 1 rings (SSSR count). The summed E-state index contributed by atoms with van der Waals surface area (Å²) in [5, 5.41) is 0. The number of nitrogens with two attached hydrogens (primary N) is 1. The molecular formula is C12H20N2O2. The summed E-state index contributed by atoms with van der Waals surface area (Å²) >= 11 is 0. The molecule has 90 valence electrons. The van der Waals surface area contributed by atoms with Crippen molar-refractivity contribution in [2.75, 3.05) is 34.4 Å². The van der Waals surface area contributed by atoms with Gasteiger partial charge in [0.15, 0.2) is 0 Å². The summed E-state index contributed by atoms with van der Waals surface area (Å²) in [5.41, 5.74) is 5.65. The molecule has 0 spiro atoms. The molecule has 16 heavy (non-hydrogen) atoms. The van der Waals surface area contributed by atoms with Crippen molar-refractivity contribution in [2.45, 2.75) is 6.04 Å². The van der Waals surface area contributed by atoms with E-state index < -0.39 is 0 Å².